The topological polar surface area (TPSA) is 98.5 Å². The van der Waals surface area contributed by atoms with Crippen molar-refractivity contribution >= 4 is 23.1 Å². The predicted octanol–water partition coefficient (Wildman–Crippen LogP) is 3.30. The zero-order chi connectivity index (χ0) is 16.8. The lowest BCUT2D eigenvalue weighted by atomic mass is 10.2. The van der Waals surface area contributed by atoms with E-state index in [-0.39, 0.29) is 23.8 Å². The van der Waals surface area contributed by atoms with Gasteiger partial charge in [0.05, 0.1) is 11.3 Å². The summed E-state index contributed by atoms with van der Waals surface area (Å²) in [7, 11) is 0. The molecule has 118 valence electrons. The summed E-state index contributed by atoms with van der Waals surface area (Å²) in [5.74, 6) is 0.398. The van der Waals surface area contributed by atoms with Gasteiger partial charge in [-0.1, -0.05) is 0 Å². The van der Waals surface area contributed by atoms with Gasteiger partial charge in [-0.25, -0.2) is 0 Å². The van der Waals surface area contributed by atoms with Crippen LogP contribution in [0.25, 0.3) is 0 Å². The van der Waals surface area contributed by atoms with Gasteiger partial charge in [0.15, 0.2) is 0 Å². The van der Waals surface area contributed by atoms with Gasteiger partial charge in [-0.05, 0) is 43.3 Å². The first-order valence-corrected chi connectivity index (χ1v) is 6.76. The Kier molecular flexibility index (Phi) is 5.03. The van der Waals surface area contributed by atoms with Crippen molar-refractivity contribution in [1.29, 1.82) is 0 Å². The van der Waals surface area contributed by atoms with Crippen molar-refractivity contribution in [2.24, 2.45) is 0 Å². The number of hydrogen-bond donors (Lipinski definition) is 1. The summed E-state index contributed by atoms with van der Waals surface area (Å²) in [5.41, 5.74) is 0.535. The first-order valence-electron chi connectivity index (χ1n) is 6.76. The van der Waals surface area contributed by atoms with Crippen LogP contribution in [-0.4, -0.2) is 16.6 Å². The highest BCUT2D eigenvalue weighted by Gasteiger charge is 2.07. The van der Waals surface area contributed by atoms with Gasteiger partial charge < -0.3 is 10.1 Å². The number of non-ortho nitro benzene ring substituents is 1. The molecule has 7 heteroatoms. The normalized spacial score (nSPS) is 9.96. The fraction of sp³-hybridized carbons (Fsp3) is 0.125. The van der Waals surface area contributed by atoms with Crippen molar-refractivity contribution in [1.82, 2.24) is 0 Å². The second-order valence-electron chi connectivity index (χ2n) is 4.80. The van der Waals surface area contributed by atoms with Crippen molar-refractivity contribution in [3.8, 4) is 11.5 Å². The first kappa shape index (κ1) is 16.2. The number of ether oxygens (including phenoxy) is 1. The van der Waals surface area contributed by atoms with Crippen LogP contribution in [0.5, 0.6) is 11.5 Å². The SMILES string of the molecule is CC(=O)CC(=O)Nc1ccc(Oc2ccc([N+](=O)[O-])cc2)cc1. The lowest BCUT2D eigenvalue weighted by Gasteiger charge is -2.07. The van der Waals surface area contributed by atoms with Gasteiger partial charge in [-0.2, -0.15) is 0 Å². The molecular formula is C16H14N2O5. The van der Waals surface area contributed by atoms with Crippen molar-refractivity contribution in [2.45, 2.75) is 13.3 Å². The Morgan fingerprint density at radius 1 is 1.04 bits per heavy atom. The fourth-order valence-electron chi connectivity index (χ4n) is 1.81. The standard InChI is InChI=1S/C16H14N2O5/c1-11(19)10-16(20)17-12-2-6-14(7-3-12)23-15-8-4-13(5-9-15)18(21)22/h2-9H,10H2,1H3,(H,17,20). The van der Waals surface area contributed by atoms with Gasteiger partial charge in [-0.3, -0.25) is 19.7 Å². The third-order valence-electron chi connectivity index (χ3n) is 2.83. The fourth-order valence-corrected chi connectivity index (χ4v) is 1.81. The Bertz CT molecular complexity index is 723. The maximum absolute atomic E-state index is 11.5. The van der Waals surface area contributed by atoms with Crippen LogP contribution in [0, 0.1) is 10.1 Å². The average molecular weight is 314 g/mol. The Morgan fingerprint density at radius 3 is 2.04 bits per heavy atom. The number of anilines is 1. The van der Waals surface area contributed by atoms with Crippen molar-refractivity contribution in [3.05, 3.63) is 58.6 Å². The van der Waals surface area contributed by atoms with E-state index in [2.05, 4.69) is 5.32 Å². The number of hydrogen-bond acceptors (Lipinski definition) is 5. The molecule has 0 unspecified atom stereocenters. The van der Waals surface area contributed by atoms with Gasteiger partial charge in [0.25, 0.3) is 5.69 Å². The molecule has 0 saturated heterocycles. The molecule has 0 heterocycles. The molecule has 0 aliphatic heterocycles. The lowest BCUT2D eigenvalue weighted by Crippen LogP contribution is -2.14. The van der Waals surface area contributed by atoms with E-state index in [9.17, 15) is 19.7 Å². The minimum Gasteiger partial charge on any atom is -0.457 e. The van der Waals surface area contributed by atoms with Crippen molar-refractivity contribution < 1.29 is 19.2 Å². The summed E-state index contributed by atoms with van der Waals surface area (Å²) in [6.07, 6.45) is -0.166. The van der Waals surface area contributed by atoms with Gasteiger partial charge in [0.1, 0.15) is 17.3 Å². The van der Waals surface area contributed by atoms with E-state index in [0.29, 0.717) is 17.2 Å². The van der Waals surface area contributed by atoms with E-state index < -0.39 is 4.92 Å². The largest absolute Gasteiger partial charge is 0.457 e. The Morgan fingerprint density at radius 2 is 1.57 bits per heavy atom. The van der Waals surface area contributed by atoms with E-state index >= 15 is 0 Å². The zero-order valence-electron chi connectivity index (χ0n) is 12.3. The van der Waals surface area contributed by atoms with E-state index in [1.165, 1.54) is 31.2 Å². The number of ketones is 1. The van der Waals surface area contributed by atoms with Gasteiger partial charge in [-0.15, -0.1) is 0 Å². The molecule has 0 aromatic heterocycles. The summed E-state index contributed by atoms with van der Waals surface area (Å²) in [4.78, 5) is 32.4. The molecule has 0 fully saturated rings. The van der Waals surface area contributed by atoms with Gasteiger partial charge in [0.2, 0.25) is 5.91 Å². The lowest BCUT2D eigenvalue weighted by molar-refractivity contribution is -0.384. The third kappa shape index (κ3) is 4.92. The monoisotopic (exact) mass is 314 g/mol. The first-order chi connectivity index (χ1) is 10.9. The Hall–Kier alpha value is -3.22. The molecule has 0 bridgehead atoms. The second kappa shape index (κ2) is 7.17. The second-order valence-corrected chi connectivity index (χ2v) is 4.80. The van der Waals surface area contributed by atoms with Crippen LogP contribution in [0.4, 0.5) is 11.4 Å². The van der Waals surface area contributed by atoms with Gasteiger partial charge in [0, 0.05) is 17.8 Å². The number of carbonyl (C=O) groups is 2. The van der Waals surface area contributed by atoms with Crippen LogP contribution in [0.2, 0.25) is 0 Å². The van der Waals surface area contributed by atoms with E-state index in [1.54, 1.807) is 24.3 Å². The maximum Gasteiger partial charge on any atom is 0.269 e. The number of Topliss-reactive ketones (excluding diaryl/α,β-unsaturated/α-hetero) is 1. The number of nitrogens with one attached hydrogen (secondary N) is 1. The predicted molar refractivity (Wildman–Crippen MR) is 83.5 cm³/mol. The summed E-state index contributed by atoms with van der Waals surface area (Å²) in [5, 5.41) is 13.2. The summed E-state index contributed by atoms with van der Waals surface area (Å²) < 4.78 is 5.55. The molecule has 0 spiro atoms. The number of nitrogens with zero attached hydrogens (tertiary/aromatic N) is 1. The highest BCUT2D eigenvalue weighted by molar-refractivity contribution is 6.03. The third-order valence-corrected chi connectivity index (χ3v) is 2.83. The van der Waals surface area contributed by atoms with Crippen LogP contribution < -0.4 is 10.1 Å². The molecule has 0 atom stereocenters. The smallest absolute Gasteiger partial charge is 0.269 e. The zero-order valence-corrected chi connectivity index (χ0v) is 12.3. The minimum atomic E-state index is -0.484. The highest BCUT2D eigenvalue weighted by Crippen LogP contribution is 2.25. The minimum absolute atomic E-state index is 0.0131. The number of carbonyl (C=O) groups excluding carboxylic acids is 2. The van der Waals surface area contributed by atoms with Crippen LogP contribution in [0.3, 0.4) is 0 Å². The number of rotatable bonds is 6. The molecular weight excluding hydrogens is 300 g/mol. The van der Waals surface area contributed by atoms with Crippen LogP contribution in [0.15, 0.2) is 48.5 Å². The molecule has 0 radical (unpaired) electrons. The Balaban J connectivity index is 1.98. The summed E-state index contributed by atoms with van der Waals surface area (Å²) in [6, 6.07) is 12.3. The van der Waals surface area contributed by atoms with E-state index in [1.807, 2.05) is 0 Å². The van der Waals surface area contributed by atoms with Crippen molar-refractivity contribution in [2.75, 3.05) is 5.32 Å². The molecule has 1 N–H and O–H groups in total. The summed E-state index contributed by atoms with van der Waals surface area (Å²) >= 11 is 0. The average Bonchev–Trinajstić information content (AvgIpc) is 2.49. The number of nitro groups is 1. The van der Waals surface area contributed by atoms with E-state index in [4.69, 9.17) is 4.74 Å². The number of amides is 1. The van der Waals surface area contributed by atoms with Crippen LogP contribution in [0.1, 0.15) is 13.3 Å². The molecule has 2 aromatic rings. The molecule has 7 nitrogen and oxygen atoms in total. The number of nitro benzene ring substituents is 1. The van der Waals surface area contributed by atoms with Crippen molar-refractivity contribution in [3.63, 3.8) is 0 Å². The number of benzene rings is 2. The molecule has 2 rings (SSSR count). The van der Waals surface area contributed by atoms with Crippen LogP contribution >= 0.6 is 0 Å². The Labute approximate surface area is 132 Å². The summed E-state index contributed by atoms with van der Waals surface area (Å²) in [6.45, 7) is 1.35. The van der Waals surface area contributed by atoms with Crippen LogP contribution in [-0.2, 0) is 9.59 Å². The van der Waals surface area contributed by atoms with Gasteiger partial charge >= 0.3 is 0 Å². The maximum atomic E-state index is 11.5. The molecule has 0 aliphatic rings. The molecule has 2 aromatic carbocycles. The molecule has 0 saturated carbocycles. The molecule has 23 heavy (non-hydrogen) atoms. The molecule has 0 aliphatic carbocycles. The van der Waals surface area contributed by atoms with E-state index in [0.717, 1.165) is 0 Å². The quantitative estimate of drug-likeness (QED) is 0.501. The molecule has 1 amide bonds. The highest BCUT2D eigenvalue weighted by atomic mass is 16.6.